The van der Waals surface area contributed by atoms with Crippen molar-refractivity contribution in [2.45, 2.75) is 31.4 Å². The van der Waals surface area contributed by atoms with Gasteiger partial charge in [0.1, 0.15) is 6.04 Å². The number of rotatable bonds is 7. The molecule has 0 radical (unpaired) electrons. The van der Waals surface area contributed by atoms with E-state index in [0.29, 0.717) is 11.1 Å². The number of hydroxylamine groups is 1. The molecule has 0 saturated heterocycles. The van der Waals surface area contributed by atoms with Gasteiger partial charge in [-0.25, -0.2) is 19.1 Å². The SMILES string of the molecule is CCC(O)(C(F)F)C(NC(=O)c1ccc(C#CC#Cc2ccc(C(=O)O)cc2)cc1)C(=O)NO. The Labute approximate surface area is 193 Å². The van der Waals surface area contributed by atoms with E-state index in [0.717, 1.165) is 0 Å². The van der Waals surface area contributed by atoms with Crippen LogP contribution < -0.4 is 10.8 Å². The van der Waals surface area contributed by atoms with E-state index in [1.54, 1.807) is 12.1 Å². The minimum atomic E-state index is -3.37. The van der Waals surface area contributed by atoms with Crippen LogP contribution in [0.3, 0.4) is 0 Å². The molecule has 8 nitrogen and oxygen atoms in total. The van der Waals surface area contributed by atoms with Crippen LogP contribution in [0.1, 0.15) is 45.2 Å². The van der Waals surface area contributed by atoms with Crippen LogP contribution in [0.2, 0.25) is 0 Å². The van der Waals surface area contributed by atoms with Gasteiger partial charge in [0.25, 0.3) is 18.2 Å². The van der Waals surface area contributed by atoms with Gasteiger partial charge in [-0.3, -0.25) is 14.8 Å². The topological polar surface area (TPSA) is 136 Å². The first-order valence-corrected chi connectivity index (χ1v) is 9.83. The number of halogens is 2. The molecule has 5 N–H and O–H groups in total. The monoisotopic (exact) mass is 470 g/mol. The van der Waals surface area contributed by atoms with Crippen LogP contribution in [-0.4, -0.2) is 51.3 Å². The zero-order valence-corrected chi connectivity index (χ0v) is 17.8. The smallest absolute Gasteiger partial charge is 0.335 e. The molecule has 176 valence electrons. The van der Waals surface area contributed by atoms with Crippen molar-refractivity contribution in [1.82, 2.24) is 10.8 Å². The third kappa shape index (κ3) is 6.39. The molecule has 10 heteroatoms. The van der Waals surface area contributed by atoms with Crippen molar-refractivity contribution in [3.05, 3.63) is 70.8 Å². The fraction of sp³-hybridized carbons (Fsp3) is 0.208. The quantitative estimate of drug-likeness (QED) is 0.238. The van der Waals surface area contributed by atoms with E-state index in [9.17, 15) is 28.3 Å². The lowest BCUT2D eigenvalue weighted by Gasteiger charge is -2.33. The molecule has 0 bridgehead atoms. The number of alkyl halides is 2. The van der Waals surface area contributed by atoms with Crippen molar-refractivity contribution in [3.63, 3.8) is 0 Å². The average Bonchev–Trinajstić information content (AvgIpc) is 2.84. The number of hydrogen-bond donors (Lipinski definition) is 5. The number of aromatic carboxylic acids is 1. The Bertz CT molecular complexity index is 1170. The maximum Gasteiger partial charge on any atom is 0.335 e. The molecule has 0 aliphatic carbocycles. The predicted octanol–water partition coefficient (Wildman–Crippen LogP) is 1.80. The summed E-state index contributed by atoms with van der Waals surface area (Å²) in [5.41, 5.74) is -0.529. The van der Waals surface area contributed by atoms with Gasteiger partial charge in [0.05, 0.1) is 5.56 Å². The van der Waals surface area contributed by atoms with Crippen molar-refractivity contribution in [2.75, 3.05) is 0 Å². The summed E-state index contributed by atoms with van der Waals surface area (Å²) < 4.78 is 26.7. The molecule has 0 heterocycles. The summed E-state index contributed by atoms with van der Waals surface area (Å²) >= 11 is 0. The van der Waals surface area contributed by atoms with E-state index in [2.05, 4.69) is 23.7 Å². The van der Waals surface area contributed by atoms with Gasteiger partial charge in [0.15, 0.2) is 5.60 Å². The second kappa shape index (κ2) is 11.6. The molecule has 0 fully saturated rings. The van der Waals surface area contributed by atoms with E-state index >= 15 is 0 Å². The molecule has 2 atom stereocenters. The first-order valence-electron chi connectivity index (χ1n) is 9.83. The molecule has 0 saturated carbocycles. The fourth-order valence-corrected chi connectivity index (χ4v) is 2.79. The van der Waals surface area contributed by atoms with Gasteiger partial charge in [0.2, 0.25) is 0 Å². The van der Waals surface area contributed by atoms with Crippen molar-refractivity contribution in [3.8, 4) is 23.7 Å². The fourth-order valence-electron chi connectivity index (χ4n) is 2.79. The molecular weight excluding hydrogens is 450 g/mol. The number of amides is 2. The summed E-state index contributed by atoms with van der Waals surface area (Å²) in [6.45, 7) is 1.21. The van der Waals surface area contributed by atoms with E-state index in [1.165, 1.54) is 48.8 Å². The van der Waals surface area contributed by atoms with Gasteiger partial charge in [-0.15, -0.1) is 0 Å². The molecule has 0 aliphatic heterocycles. The number of carbonyl (C=O) groups excluding carboxylic acids is 2. The van der Waals surface area contributed by atoms with Crippen LogP contribution >= 0.6 is 0 Å². The second-order valence-corrected chi connectivity index (χ2v) is 6.99. The number of nitrogens with one attached hydrogen (secondary N) is 2. The van der Waals surface area contributed by atoms with Crippen molar-refractivity contribution in [1.29, 1.82) is 0 Å². The second-order valence-electron chi connectivity index (χ2n) is 6.99. The highest BCUT2D eigenvalue weighted by Gasteiger charge is 2.48. The maximum absolute atomic E-state index is 13.3. The van der Waals surface area contributed by atoms with Crippen molar-refractivity contribution in [2.24, 2.45) is 0 Å². The summed E-state index contributed by atoms with van der Waals surface area (Å²) in [5.74, 6) is 7.35. The van der Waals surface area contributed by atoms with E-state index in [-0.39, 0.29) is 11.1 Å². The van der Waals surface area contributed by atoms with Gasteiger partial charge in [0, 0.05) is 16.7 Å². The van der Waals surface area contributed by atoms with Crippen LogP contribution in [0.5, 0.6) is 0 Å². The summed E-state index contributed by atoms with van der Waals surface area (Å²) in [6.07, 6.45) is -3.93. The molecule has 2 amide bonds. The van der Waals surface area contributed by atoms with Gasteiger partial charge in [-0.05, 0) is 66.8 Å². The Morgan fingerprint density at radius 2 is 1.41 bits per heavy atom. The number of aliphatic hydroxyl groups is 1. The van der Waals surface area contributed by atoms with Crippen LogP contribution in [0, 0.1) is 23.7 Å². The average molecular weight is 470 g/mol. The van der Waals surface area contributed by atoms with Gasteiger partial charge in [-0.1, -0.05) is 18.8 Å². The van der Waals surface area contributed by atoms with Crippen molar-refractivity contribution < 1.29 is 38.6 Å². The van der Waals surface area contributed by atoms with Crippen molar-refractivity contribution >= 4 is 17.8 Å². The molecule has 2 aromatic carbocycles. The minimum absolute atomic E-state index is 0.00128. The van der Waals surface area contributed by atoms with Gasteiger partial charge >= 0.3 is 5.97 Å². The highest BCUT2D eigenvalue weighted by Crippen LogP contribution is 2.25. The standard InChI is InChI=1S/C24H20F2N2O6/c1-2-24(33,23(25)26)19(21(30)28-34)27-20(29)17-11-7-15(8-12-17)5-3-4-6-16-9-13-18(14-10-16)22(31)32/h7-14,19,23,33-34H,2H2,1H3,(H,27,29)(H,28,30)(H,31,32). The summed E-state index contributed by atoms with van der Waals surface area (Å²) in [6, 6.07) is 9.41. The van der Waals surface area contributed by atoms with E-state index in [1.807, 2.05) is 5.32 Å². The number of hydrogen-bond acceptors (Lipinski definition) is 5. The predicted molar refractivity (Wildman–Crippen MR) is 116 cm³/mol. The zero-order chi connectivity index (χ0) is 25.3. The van der Waals surface area contributed by atoms with E-state index < -0.39 is 42.3 Å². The third-order valence-electron chi connectivity index (χ3n) is 4.85. The normalized spacial score (nSPS) is 12.8. The van der Waals surface area contributed by atoms with Crippen LogP contribution in [0.4, 0.5) is 8.78 Å². The summed E-state index contributed by atoms with van der Waals surface area (Å²) in [7, 11) is 0. The maximum atomic E-state index is 13.3. The lowest BCUT2D eigenvalue weighted by molar-refractivity contribution is -0.154. The minimum Gasteiger partial charge on any atom is -0.478 e. The number of carboxylic acids is 1. The van der Waals surface area contributed by atoms with Crippen LogP contribution in [0.15, 0.2) is 48.5 Å². The molecule has 2 unspecified atom stereocenters. The molecule has 0 aliphatic rings. The Morgan fingerprint density at radius 1 is 0.941 bits per heavy atom. The molecule has 2 aromatic rings. The molecular formula is C24H20F2N2O6. The third-order valence-corrected chi connectivity index (χ3v) is 4.85. The number of carbonyl (C=O) groups is 3. The number of carboxylic acid groups (broad SMARTS) is 1. The van der Waals surface area contributed by atoms with E-state index in [4.69, 9.17) is 10.3 Å². The Hall–Kier alpha value is -4.25. The highest BCUT2D eigenvalue weighted by atomic mass is 19.3. The highest BCUT2D eigenvalue weighted by molar-refractivity contribution is 5.98. The summed E-state index contributed by atoms with van der Waals surface area (Å²) in [4.78, 5) is 35.1. The van der Waals surface area contributed by atoms with Crippen LogP contribution in [-0.2, 0) is 4.79 Å². The van der Waals surface area contributed by atoms with Crippen LogP contribution in [0.25, 0.3) is 0 Å². The first kappa shape index (κ1) is 26.0. The first-order chi connectivity index (χ1) is 16.1. The molecule has 34 heavy (non-hydrogen) atoms. The van der Waals surface area contributed by atoms with Gasteiger partial charge in [-0.2, -0.15) is 0 Å². The molecule has 2 rings (SSSR count). The zero-order valence-electron chi connectivity index (χ0n) is 17.8. The largest absolute Gasteiger partial charge is 0.478 e. The van der Waals surface area contributed by atoms with Gasteiger partial charge < -0.3 is 15.5 Å². The Kier molecular flexibility index (Phi) is 8.85. The Balaban J connectivity index is 2.11. The lowest BCUT2D eigenvalue weighted by Crippen LogP contribution is -2.62. The summed E-state index contributed by atoms with van der Waals surface area (Å²) in [5, 5.41) is 29.9. The number of benzene rings is 2. The molecule has 0 spiro atoms. The molecule has 0 aromatic heterocycles. The lowest BCUT2D eigenvalue weighted by atomic mass is 9.90. The Morgan fingerprint density at radius 3 is 1.79 bits per heavy atom.